The number of benzene rings is 1. The molecule has 0 saturated carbocycles. The molecule has 1 aromatic carbocycles. The maximum atomic E-state index is 13.1. The first-order valence-corrected chi connectivity index (χ1v) is 10.4. The minimum absolute atomic E-state index is 0.0493. The fraction of sp³-hybridized carbons (Fsp3) is 0.600. The molecule has 0 spiro atoms. The van der Waals surface area contributed by atoms with E-state index >= 15 is 0 Å². The van der Waals surface area contributed by atoms with E-state index in [1.165, 1.54) is 0 Å². The first kappa shape index (κ1) is 19.2. The Bertz CT molecular complexity index is 644. The monoisotopic (exact) mass is 376 g/mol. The highest BCUT2D eigenvalue weighted by Gasteiger charge is 2.32. The molecule has 1 unspecified atom stereocenters. The molecule has 2 amide bonds. The lowest BCUT2D eigenvalue weighted by Gasteiger charge is -2.36. The summed E-state index contributed by atoms with van der Waals surface area (Å²) in [6.45, 7) is 8.06. The van der Waals surface area contributed by atoms with Gasteiger partial charge in [0.05, 0.1) is 24.7 Å². The SMILES string of the molecule is CC(C)Sc1ccccc1C(=O)N1CCCC(C(=O)N2CCOCC2)C1. The number of hydrogen-bond acceptors (Lipinski definition) is 4. The molecule has 3 rings (SSSR count). The number of hydrogen-bond donors (Lipinski definition) is 0. The maximum absolute atomic E-state index is 13.1. The number of carbonyl (C=O) groups is 2. The predicted molar refractivity (Wildman–Crippen MR) is 103 cm³/mol. The smallest absolute Gasteiger partial charge is 0.255 e. The van der Waals surface area contributed by atoms with Gasteiger partial charge >= 0.3 is 0 Å². The molecular formula is C20H28N2O3S. The van der Waals surface area contributed by atoms with Gasteiger partial charge in [-0.05, 0) is 25.0 Å². The van der Waals surface area contributed by atoms with Crippen LogP contribution in [0.25, 0.3) is 0 Å². The molecule has 2 aliphatic rings. The van der Waals surface area contributed by atoms with Gasteiger partial charge in [-0.1, -0.05) is 26.0 Å². The number of rotatable bonds is 4. The molecular weight excluding hydrogens is 348 g/mol. The molecule has 26 heavy (non-hydrogen) atoms. The van der Waals surface area contributed by atoms with Crippen molar-refractivity contribution in [2.75, 3.05) is 39.4 Å². The lowest BCUT2D eigenvalue weighted by molar-refractivity contribution is -0.141. The number of likely N-dealkylation sites (tertiary alicyclic amines) is 1. The van der Waals surface area contributed by atoms with Gasteiger partial charge < -0.3 is 14.5 Å². The third-order valence-corrected chi connectivity index (χ3v) is 5.94. The van der Waals surface area contributed by atoms with Gasteiger partial charge in [-0.15, -0.1) is 11.8 Å². The molecule has 2 aliphatic heterocycles. The molecule has 2 saturated heterocycles. The Balaban J connectivity index is 1.69. The van der Waals surface area contributed by atoms with Gasteiger partial charge in [0.15, 0.2) is 0 Å². The van der Waals surface area contributed by atoms with Crippen molar-refractivity contribution in [3.63, 3.8) is 0 Å². The summed E-state index contributed by atoms with van der Waals surface area (Å²) < 4.78 is 5.34. The minimum Gasteiger partial charge on any atom is -0.378 e. The van der Waals surface area contributed by atoms with E-state index in [-0.39, 0.29) is 17.7 Å². The molecule has 0 bridgehead atoms. The standard InChI is InChI=1S/C20H28N2O3S/c1-15(2)26-18-8-4-3-7-17(18)20(24)22-9-5-6-16(14-22)19(23)21-10-12-25-13-11-21/h3-4,7-8,15-16H,5-6,9-14H2,1-2H3. The van der Waals surface area contributed by atoms with E-state index in [1.807, 2.05) is 34.1 Å². The van der Waals surface area contributed by atoms with Crippen LogP contribution in [0.2, 0.25) is 0 Å². The molecule has 5 nitrogen and oxygen atoms in total. The summed E-state index contributed by atoms with van der Waals surface area (Å²) in [4.78, 5) is 30.7. The normalized spacial score (nSPS) is 21.1. The zero-order valence-electron chi connectivity index (χ0n) is 15.6. The van der Waals surface area contributed by atoms with Crippen LogP contribution in [0.3, 0.4) is 0 Å². The Morgan fingerprint density at radius 3 is 2.58 bits per heavy atom. The number of thioether (sulfide) groups is 1. The van der Waals surface area contributed by atoms with Crippen LogP contribution >= 0.6 is 11.8 Å². The van der Waals surface area contributed by atoms with Crippen LogP contribution in [0.5, 0.6) is 0 Å². The molecule has 1 atom stereocenters. The largest absolute Gasteiger partial charge is 0.378 e. The number of morpholine rings is 1. The van der Waals surface area contributed by atoms with Crippen molar-refractivity contribution in [3.05, 3.63) is 29.8 Å². The average Bonchev–Trinajstić information content (AvgIpc) is 2.67. The Morgan fingerprint density at radius 2 is 1.85 bits per heavy atom. The van der Waals surface area contributed by atoms with Crippen molar-refractivity contribution in [3.8, 4) is 0 Å². The van der Waals surface area contributed by atoms with Crippen molar-refractivity contribution in [2.24, 2.45) is 5.92 Å². The van der Waals surface area contributed by atoms with Crippen LogP contribution in [0.15, 0.2) is 29.2 Å². The summed E-state index contributed by atoms with van der Waals surface area (Å²) in [5.41, 5.74) is 0.755. The van der Waals surface area contributed by atoms with Crippen LogP contribution in [-0.2, 0) is 9.53 Å². The maximum Gasteiger partial charge on any atom is 0.255 e. The van der Waals surface area contributed by atoms with Crippen molar-refractivity contribution in [1.29, 1.82) is 0 Å². The number of carbonyl (C=O) groups excluding carboxylic acids is 2. The van der Waals surface area contributed by atoms with Gasteiger partial charge in [-0.3, -0.25) is 9.59 Å². The van der Waals surface area contributed by atoms with Crippen LogP contribution in [0.1, 0.15) is 37.0 Å². The van der Waals surface area contributed by atoms with Crippen molar-refractivity contribution in [2.45, 2.75) is 36.8 Å². The van der Waals surface area contributed by atoms with E-state index < -0.39 is 0 Å². The van der Waals surface area contributed by atoms with Gasteiger partial charge in [-0.2, -0.15) is 0 Å². The Labute approximate surface area is 160 Å². The van der Waals surface area contributed by atoms with Gasteiger partial charge in [0.2, 0.25) is 5.91 Å². The average molecular weight is 377 g/mol. The third kappa shape index (κ3) is 4.60. The summed E-state index contributed by atoms with van der Waals surface area (Å²) in [7, 11) is 0. The highest BCUT2D eigenvalue weighted by atomic mass is 32.2. The second-order valence-corrected chi connectivity index (χ2v) is 8.81. The molecule has 0 aliphatic carbocycles. The van der Waals surface area contributed by atoms with Gasteiger partial charge in [0, 0.05) is 36.3 Å². The summed E-state index contributed by atoms with van der Waals surface area (Å²) in [5, 5.41) is 0.418. The van der Waals surface area contributed by atoms with E-state index in [0.717, 1.165) is 29.8 Å². The summed E-state index contributed by atoms with van der Waals surface area (Å²) in [5.74, 6) is 0.139. The van der Waals surface area contributed by atoms with Crippen molar-refractivity contribution >= 4 is 23.6 Å². The van der Waals surface area contributed by atoms with E-state index in [1.54, 1.807) is 11.8 Å². The minimum atomic E-state index is -0.0873. The Morgan fingerprint density at radius 1 is 1.12 bits per heavy atom. The molecule has 1 aromatic rings. The van der Waals surface area contributed by atoms with Crippen molar-refractivity contribution < 1.29 is 14.3 Å². The fourth-order valence-electron chi connectivity index (χ4n) is 3.58. The van der Waals surface area contributed by atoms with Crippen molar-refractivity contribution in [1.82, 2.24) is 9.80 Å². The first-order chi connectivity index (χ1) is 12.6. The van der Waals surface area contributed by atoms with Gasteiger partial charge in [0.1, 0.15) is 0 Å². The molecule has 2 heterocycles. The lowest BCUT2D eigenvalue weighted by atomic mass is 9.95. The zero-order chi connectivity index (χ0) is 18.5. The van der Waals surface area contributed by atoms with E-state index in [9.17, 15) is 9.59 Å². The van der Waals surface area contributed by atoms with Crippen LogP contribution < -0.4 is 0 Å². The summed E-state index contributed by atoms with van der Waals surface area (Å²) in [6.07, 6.45) is 1.74. The number of nitrogens with zero attached hydrogens (tertiary/aromatic N) is 2. The highest BCUT2D eigenvalue weighted by Crippen LogP contribution is 2.29. The number of ether oxygens (including phenoxy) is 1. The second-order valence-electron chi connectivity index (χ2n) is 7.19. The second kappa shape index (κ2) is 8.91. The fourth-order valence-corrected chi connectivity index (χ4v) is 4.52. The molecule has 0 aromatic heterocycles. The molecule has 0 N–H and O–H groups in total. The molecule has 2 fully saturated rings. The van der Waals surface area contributed by atoms with Crippen LogP contribution in [0, 0.1) is 5.92 Å². The summed E-state index contributed by atoms with van der Waals surface area (Å²) >= 11 is 1.71. The predicted octanol–water partition coefficient (Wildman–Crippen LogP) is 2.90. The molecule has 6 heteroatoms. The molecule has 142 valence electrons. The summed E-state index contributed by atoms with van der Waals surface area (Å²) in [6, 6.07) is 7.80. The van der Waals surface area contributed by atoms with Crippen LogP contribution in [0.4, 0.5) is 0 Å². The van der Waals surface area contributed by atoms with Gasteiger partial charge in [-0.25, -0.2) is 0 Å². The topological polar surface area (TPSA) is 49.9 Å². The van der Waals surface area contributed by atoms with E-state index in [2.05, 4.69) is 13.8 Å². The number of piperidine rings is 1. The Hall–Kier alpha value is -1.53. The highest BCUT2D eigenvalue weighted by molar-refractivity contribution is 8.00. The molecule has 0 radical (unpaired) electrons. The zero-order valence-corrected chi connectivity index (χ0v) is 16.5. The van der Waals surface area contributed by atoms with E-state index in [4.69, 9.17) is 4.74 Å². The lowest BCUT2D eigenvalue weighted by Crippen LogP contribution is -2.49. The number of amides is 2. The van der Waals surface area contributed by atoms with E-state index in [0.29, 0.717) is 38.1 Å². The van der Waals surface area contributed by atoms with Crippen LogP contribution in [-0.4, -0.2) is 66.3 Å². The first-order valence-electron chi connectivity index (χ1n) is 9.47. The quantitative estimate of drug-likeness (QED) is 0.758. The Kier molecular flexibility index (Phi) is 6.59. The third-order valence-electron chi connectivity index (χ3n) is 4.86. The van der Waals surface area contributed by atoms with Gasteiger partial charge in [0.25, 0.3) is 5.91 Å².